The summed E-state index contributed by atoms with van der Waals surface area (Å²) in [6.45, 7) is 0.612. The number of aromatic nitrogens is 1. The molecule has 2 heterocycles. The molecule has 0 unspecified atom stereocenters. The molecule has 5 nitrogen and oxygen atoms in total. The molecular weight excluding hydrogens is 220 g/mol. The molecule has 1 aliphatic heterocycles. The molecule has 0 aliphatic carbocycles. The number of rotatable bonds is 2. The lowest BCUT2D eigenvalue weighted by Gasteiger charge is -2.28. The van der Waals surface area contributed by atoms with Gasteiger partial charge in [-0.3, -0.25) is 4.98 Å². The Balaban J connectivity index is 2.60. The zero-order valence-corrected chi connectivity index (χ0v) is 10.1. The minimum absolute atomic E-state index is 0.404. The number of carbonyl (C=O) groups excluding carboxylic acids is 1. The van der Waals surface area contributed by atoms with Gasteiger partial charge in [0.15, 0.2) is 11.5 Å². The Labute approximate surface area is 99.7 Å². The fourth-order valence-electron chi connectivity index (χ4n) is 1.93. The van der Waals surface area contributed by atoms with Gasteiger partial charge in [-0.25, -0.2) is 4.79 Å². The van der Waals surface area contributed by atoms with E-state index in [1.807, 2.05) is 19.2 Å². The number of likely N-dealkylation sites (N-methyl/N-ethyl adjacent to an activating group) is 1. The van der Waals surface area contributed by atoms with Crippen LogP contribution in [-0.2, 0) is 20.8 Å². The molecule has 0 atom stereocenters. The zero-order chi connectivity index (χ0) is 12.4. The van der Waals surface area contributed by atoms with Crippen molar-refractivity contribution in [1.29, 1.82) is 0 Å². The van der Waals surface area contributed by atoms with Crippen LogP contribution in [0.25, 0.3) is 5.76 Å². The van der Waals surface area contributed by atoms with Gasteiger partial charge in [-0.15, -0.1) is 0 Å². The average Bonchev–Trinajstić information content (AvgIpc) is 2.36. The van der Waals surface area contributed by atoms with Gasteiger partial charge in [0, 0.05) is 25.4 Å². The topological polar surface area (TPSA) is 51.7 Å². The van der Waals surface area contributed by atoms with E-state index in [4.69, 9.17) is 9.47 Å². The number of methoxy groups -OCH3 is 2. The smallest absolute Gasteiger partial charge is 0.358 e. The summed E-state index contributed by atoms with van der Waals surface area (Å²) in [4.78, 5) is 17.8. The normalized spacial score (nSPS) is 14.4. The Hall–Kier alpha value is -2.04. The highest BCUT2D eigenvalue weighted by molar-refractivity contribution is 5.96. The lowest BCUT2D eigenvalue weighted by atomic mass is 10.1. The Bertz CT molecular complexity index is 482. The minimum Gasteiger partial charge on any atom is -0.492 e. The molecule has 0 fully saturated rings. The highest BCUT2D eigenvalue weighted by Crippen LogP contribution is 2.29. The molecule has 1 aliphatic rings. The van der Waals surface area contributed by atoms with Gasteiger partial charge < -0.3 is 14.4 Å². The van der Waals surface area contributed by atoms with Gasteiger partial charge in [0.1, 0.15) is 5.69 Å². The molecule has 0 aromatic carbocycles. The lowest BCUT2D eigenvalue weighted by molar-refractivity contribution is -0.138. The summed E-state index contributed by atoms with van der Waals surface area (Å²) in [6.07, 6.45) is 1.68. The van der Waals surface area contributed by atoms with E-state index in [1.165, 1.54) is 14.2 Å². The Morgan fingerprint density at radius 3 is 2.88 bits per heavy atom. The van der Waals surface area contributed by atoms with Gasteiger partial charge in [0.25, 0.3) is 0 Å². The average molecular weight is 234 g/mol. The van der Waals surface area contributed by atoms with Crippen molar-refractivity contribution in [2.45, 2.75) is 6.54 Å². The number of fused-ring (bicyclic) bond motifs is 1. The monoisotopic (exact) mass is 234 g/mol. The summed E-state index contributed by atoms with van der Waals surface area (Å²) < 4.78 is 10.1. The first-order chi connectivity index (χ1) is 8.19. The number of nitrogens with zero attached hydrogens (tertiary/aromatic N) is 2. The fraction of sp³-hybridized carbons (Fsp3) is 0.333. The molecule has 17 heavy (non-hydrogen) atoms. The zero-order valence-electron chi connectivity index (χ0n) is 10.1. The second kappa shape index (κ2) is 4.45. The van der Waals surface area contributed by atoms with Crippen molar-refractivity contribution in [2.75, 3.05) is 21.3 Å². The van der Waals surface area contributed by atoms with Crippen LogP contribution < -0.4 is 0 Å². The van der Waals surface area contributed by atoms with Gasteiger partial charge in [-0.2, -0.15) is 0 Å². The maximum atomic E-state index is 11.7. The van der Waals surface area contributed by atoms with Crippen LogP contribution in [0.4, 0.5) is 0 Å². The Morgan fingerprint density at radius 1 is 1.47 bits per heavy atom. The molecule has 2 rings (SSSR count). The van der Waals surface area contributed by atoms with Gasteiger partial charge in [0.2, 0.25) is 0 Å². The van der Waals surface area contributed by atoms with Crippen molar-refractivity contribution in [3.63, 3.8) is 0 Å². The molecule has 0 saturated heterocycles. The first kappa shape index (κ1) is 11.4. The molecule has 0 N–H and O–H groups in total. The summed E-state index contributed by atoms with van der Waals surface area (Å²) in [6, 6.07) is 3.83. The largest absolute Gasteiger partial charge is 0.492 e. The molecule has 1 aromatic heterocycles. The number of hydrogen-bond acceptors (Lipinski definition) is 5. The molecule has 0 radical (unpaired) electrons. The van der Waals surface area contributed by atoms with Gasteiger partial charge >= 0.3 is 5.97 Å². The molecule has 0 amide bonds. The number of carbonyl (C=O) groups is 1. The number of esters is 1. The molecule has 0 spiro atoms. The maximum Gasteiger partial charge on any atom is 0.358 e. The van der Waals surface area contributed by atoms with Crippen LogP contribution in [0.2, 0.25) is 0 Å². The van der Waals surface area contributed by atoms with E-state index < -0.39 is 5.97 Å². The second-order valence-electron chi connectivity index (χ2n) is 3.74. The standard InChI is InChI=1S/C12H14N2O3/c1-14-7-8-5-4-6-13-9(8)11(16-2)10(14)12(15)17-3/h4-6H,7H2,1-3H3. The highest BCUT2D eigenvalue weighted by atomic mass is 16.5. The van der Waals surface area contributed by atoms with Crippen LogP contribution in [0, 0.1) is 0 Å². The fourth-order valence-corrected chi connectivity index (χ4v) is 1.93. The van der Waals surface area contributed by atoms with Crippen LogP contribution >= 0.6 is 0 Å². The third kappa shape index (κ3) is 1.84. The quantitative estimate of drug-likeness (QED) is 0.715. The Kier molecular flexibility index (Phi) is 2.99. The number of ether oxygens (including phenoxy) is 2. The van der Waals surface area contributed by atoms with Crippen LogP contribution in [-0.4, -0.2) is 37.1 Å². The highest BCUT2D eigenvalue weighted by Gasteiger charge is 2.29. The van der Waals surface area contributed by atoms with Crippen molar-refractivity contribution < 1.29 is 14.3 Å². The third-order valence-corrected chi connectivity index (χ3v) is 2.69. The van der Waals surface area contributed by atoms with Crippen molar-refractivity contribution in [3.8, 4) is 0 Å². The first-order valence-electron chi connectivity index (χ1n) is 5.21. The van der Waals surface area contributed by atoms with Crippen LogP contribution in [0.3, 0.4) is 0 Å². The summed E-state index contributed by atoms with van der Waals surface area (Å²) >= 11 is 0. The van der Waals surface area contributed by atoms with Crippen molar-refractivity contribution in [3.05, 3.63) is 35.3 Å². The van der Waals surface area contributed by atoms with E-state index in [0.29, 0.717) is 23.7 Å². The van der Waals surface area contributed by atoms with E-state index >= 15 is 0 Å². The summed E-state index contributed by atoms with van der Waals surface area (Å²) in [5.74, 6) is 0.0434. The molecular formula is C12H14N2O3. The molecule has 1 aromatic rings. The second-order valence-corrected chi connectivity index (χ2v) is 3.74. The number of hydrogen-bond donors (Lipinski definition) is 0. The number of pyridine rings is 1. The van der Waals surface area contributed by atoms with Crippen molar-refractivity contribution in [1.82, 2.24) is 9.88 Å². The minimum atomic E-state index is -0.416. The van der Waals surface area contributed by atoms with Crippen molar-refractivity contribution in [2.24, 2.45) is 0 Å². The molecule has 0 saturated carbocycles. The van der Waals surface area contributed by atoms with Crippen molar-refractivity contribution >= 4 is 11.7 Å². The van der Waals surface area contributed by atoms with Crippen LogP contribution in [0.15, 0.2) is 24.0 Å². The van der Waals surface area contributed by atoms with Gasteiger partial charge in [-0.05, 0) is 6.07 Å². The molecule has 5 heteroatoms. The van der Waals surface area contributed by atoms with E-state index in [0.717, 1.165) is 5.56 Å². The summed E-state index contributed by atoms with van der Waals surface area (Å²) in [7, 11) is 4.70. The summed E-state index contributed by atoms with van der Waals surface area (Å²) in [5, 5.41) is 0. The predicted molar refractivity (Wildman–Crippen MR) is 61.6 cm³/mol. The third-order valence-electron chi connectivity index (χ3n) is 2.69. The first-order valence-corrected chi connectivity index (χ1v) is 5.21. The SMILES string of the molecule is COC(=O)C1=C(OC)c2ncccc2CN1C. The Morgan fingerprint density at radius 2 is 2.24 bits per heavy atom. The van der Waals surface area contributed by atoms with E-state index in [-0.39, 0.29) is 0 Å². The van der Waals surface area contributed by atoms with E-state index in [9.17, 15) is 4.79 Å². The van der Waals surface area contributed by atoms with Gasteiger partial charge in [0.05, 0.1) is 14.2 Å². The molecule has 0 bridgehead atoms. The lowest BCUT2D eigenvalue weighted by Crippen LogP contribution is -2.30. The van der Waals surface area contributed by atoms with Crippen LogP contribution in [0.1, 0.15) is 11.3 Å². The summed E-state index contributed by atoms with van der Waals surface area (Å²) in [5.41, 5.74) is 2.13. The van der Waals surface area contributed by atoms with E-state index in [1.54, 1.807) is 11.1 Å². The maximum absolute atomic E-state index is 11.7. The van der Waals surface area contributed by atoms with E-state index in [2.05, 4.69) is 4.98 Å². The predicted octanol–water partition coefficient (Wildman–Crippen LogP) is 1.02. The van der Waals surface area contributed by atoms with Gasteiger partial charge in [-0.1, -0.05) is 6.07 Å². The molecule has 90 valence electrons. The van der Waals surface area contributed by atoms with Crippen LogP contribution in [0.5, 0.6) is 0 Å².